The third-order valence-electron chi connectivity index (χ3n) is 2.72. The van der Waals surface area contributed by atoms with Gasteiger partial charge in [0.25, 0.3) is 0 Å². The summed E-state index contributed by atoms with van der Waals surface area (Å²) in [7, 11) is 0. The van der Waals surface area contributed by atoms with Gasteiger partial charge in [0, 0.05) is 18.6 Å². The minimum absolute atomic E-state index is 0.298. The molecule has 1 aromatic heterocycles. The third-order valence-corrected chi connectivity index (χ3v) is 2.72. The van der Waals surface area contributed by atoms with Crippen molar-refractivity contribution in [2.45, 2.75) is 19.8 Å². The SMILES string of the molecule is Cc1nc(OCC2CCCOC2)ccc1F. The molecule has 88 valence electrons. The minimum Gasteiger partial charge on any atom is -0.477 e. The third kappa shape index (κ3) is 2.92. The first-order valence-corrected chi connectivity index (χ1v) is 5.59. The molecular weight excluding hydrogens is 209 g/mol. The van der Waals surface area contributed by atoms with Crippen LogP contribution in [0, 0.1) is 18.7 Å². The van der Waals surface area contributed by atoms with Crippen LogP contribution in [0.2, 0.25) is 0 Å². The highest BCUT2D eigenvalue weighted by Gasteiger charge is 2.14. The van der Waals surface area contributed by atoms with E-state index >= 15 is 0 Å². The largest absolute Gasteiger partial charge is 0.477 e. The van der Waals surface area contributed by atoms with Crippen molar-refractivity contribution in [3.05, 3.63) is 23.6 Å². The molecular formula is C12H16FNO2. The summed E-state index contributed by atoms with van der Waals surface area (Å²) in [5, 5.41) is 0. The highest BCUT2D eigenvalue weighted by molar-refractivity contribution is 5.16. The van der Waals surface area contributed by atoms with Crippen LogP contribution < -0.4 is 4.74 Å². The molecule has 1 unspecified atom stereocenters. The molecule has 0 amide bonds. The van der Waals surface area contributed by atoms with E-state index in [2.05, 4.69) is 4.98 Å². The summed E-state index contributed by atoms with van der Waals surface area (Å²) < 4.78 is 23.8. The van der Waals surface area contributed by atoms with E-state index in [1.165, 1.54) is 6.07 Å². The van der Waals surface area contributed by atoms with Crippen LogP contribution in [0.3, 0.4) is 0 Å². The lowest BCUT2D eigenvalue weighted by atomic mass is 10.0. The number of nitrogens with zero attached hydrogens (tertiary/aromatic N) is 1. The fourth-order valence-corrected chi connectivity index (χ4v) is 1.74. The topological polar surface area (TPSA) is 31.4 Å². The van der Waals surface area contributed by atoms with Crippen molar-refractivity contribution in [2.75, 3.05) is 19.8 Å². The molecule has 0 radical (unpaired) electrons. The van der Waals surface area contributed by atoms with Crippen molar-refractivity contribution < 1.29 is 13.9 Å². The molecule has 1 aliphatic rings. The van der Waals surface area contributed by atoms with E-state index in [1.54, 1.807) is 13.0 Å². The number of aromatic nitrogens is 1. The fourth-order valence-electron chi connectivity index (χ4n) is 1.74. The predicted molar refractivity (Wildman–Crippen MR) is 58.0 cm³/mol. The summed E-state index contributed by atoms with van der Waals surface area (Å²) in [5.41, 5.74) is 0.373. The van der Waals surface area contributed by atoms with Gasteiger partial charge < -0.3 is 9.47 Å². The first-order valence-electron chi connectivity index (χ1n) is 5.59. The molecule has 1 aromatic rings. The van der Waals surface area contributed by atoms with Crippen molar-refractivity contribution in [3.8, 4) is 5.88 Å². The summed E-state index contributed by atoms with van der Waals surface area (Å²) >= 11 is 0. The van der Waals surface area contributed by atoms with Gasteiger partial charge in [0.2, 0.25) is 5.88 Å². The predicted octanol–water partition coefficient (Wildman–Crippen LogP) is 2.33. The van der Waals surface area contributed by atoms with Crippen LogP contribution in [0.5, 0.6) is 5.88 Å². The highest BCUT2D eigenvalue weighted by atomic mass is 19.1. The molecule has 1 fully saturated rings. The lowest BCUT2D eigenvalue weighted by Crippen LogP contribution is -2.23. The molecule has 0 aromatic carbocycles. The van der Waals surface area contributed by atoms with Crippen molar-refractivity contribution >= 4 is 0 Å². The van der Waals surface area contributed by atoms with Gasteiger partial charge in [-0.05, 0) is 25.8 Å². The Balaban J connectivity index is 1.86. The van der Waals surface area contributed by atoms with Gasteiger partial charge in [-0.25, -0.2) is 9.37 Å². The Morgan fingerprint density at radius 3 is 3.12 bits per heavy atom. The second-order valence-corrected chi connectivity index (χ2v) is 4.11. The zero-order chi connectivity index (χ0) is 11.4. The van der Waals surface area contributed by atoms with E-state index in [0.29, 0.717) is 24.1 Å². The molecule has 0 N–H and O–H groups in total. The van der Waals surface area contributed by atoms with Gasteiger partial charge in [-0.3, -0.25) is 0 Å². The number of ether oxygens (including phenoxy) is 2. The van der Waals surface area contributed by atoms with E-state index in [-0.39, 0.29) is 5.82 Å². The van der Waals surface area contributed by atoms with Gasteiger partial charge in [-0.1, -0.05) is 0 Å². The fraction of sp³-hybridized carbons (Fsp3) is 0.583. The van der Waals surface area contributed by atoms with E-state index in [1.807, 2.05) is 0 Å². The monoisotopic (exact) mass is 225 g/mol. The first kappa shape index (κ1) is 11.3. The van der Waals surface area contributed by atoms with Gasteiger partial charge >= 0.3 is 0 Å². The average molecular weight is 225 g/mol. The van der Waals surface area contributed by atoms with Crippen LogP contribution in [-0.4, -0.2) is 24.8 Å². The van der Waals surface area contributed by atoms with Crippen LogP contribution >= 0.6 is 0 Å². The Kier molecular flexibility index (Phi) is 3.72. The van der Waals surface area contributed by atoms with Crippen LogP contribution in [0.25, 0.3) is 0 Å². The zero-order valence-corrected chi connectivity index (χ0v) is 9.41. The summed E-state index contributed by atoms with van der Waals surface area (Å²) in [6.45, 7) is 3.83. The Morgan fingerprint density at radius 1 is 1.56 bits per heavy atom. The van der Waals surface area contributed by atoms with Crippen molar-refractivity contribution in [1.29, 1.82) is 0 Å². The van der Waals surface area contributed by atoms with Gasteiger partial charge in [-0.2, -0.15) is 0 Å². The lowest BCUT2D eigenvalue weighted by Gasteiger charge is -2.21. The van der Waals surface area contributed by atoms with Gasteiger partial charge in [0.1, 0.15) is 5.82 Å². The van der Waals surface area contributed by atoms with Crippen molar-refractivity contribution in [2.24, 2.45) is 5.92 Å². The average Bonchev–Trinajstić information content (AvgIpc) is 2.32. The summed E-state index contributed by atoms with van der Waals surface area (Å²) in [6, 6.07) is 2.95. The molecule has 3 nitrogen and oxygen atoms in total. The highest BCUT2D eigenvalue weighted by Crippen LogP contribution is 2.16. The Bertz CT molecular complexity index is 351. The molecule has 0 bridgehead atoms. The summed E-state index contributed by atoms with van der Waals surface area (Å²) in [5.74, 6) is 0.624. The van der Waals surface area contributed by atoms with Gasteiger partial charge in [0.05, 0.1) is 18.9 Å². The van der Waals surface area contributed by atoms with Gasteiger partial charge in [-0.15, -0.1) is 0 Å². The number of aryl methyl sites for hydroxylation is 1. The summed E-state index contributed by atoms with van der Waals surface area (Å²) in [4.78, 5) is 4.02. The number of rotatable bonds is 3. The normalized spacial score (nSPS) is 20.8. The first-order chi connectivity index (χ1) is 7.75. The van der Waals surface area contributed by atoms with Crippen LogP contribution in [-0.2, 0) is 4.74 Å². The van der Waals surface area contributed by atoms with Crippen LogP contribution in [0.15, 0.2) is 12.1 Å². The molecule has 0 aliphatic carbocycles. The zero-order valence-electron chi connectivity index (χ0n) is 9.41. The van der Waals surface area contributed by atoms with E-state index in [9.17, 15) is 4.39 Å². The number of hydrogen-bond donors (Lipinski definition) is 0. The van der Waals surface area contributed by atoms with Crippen molar-refractivity contribution in [1.82, 2.24) is 4.98 Å². The molecule has 2 rings (SSSR count). The molecule has 16 heavy (non-hydrogen) atoms. The Labute approximate surface area is 94.6 Å². The van der Waals surface area contributed by atoms with E-state index in [0.717, 1.165) is 26.1 Å². The smallest absolute Gasteiger partial charge is 0.213 e. The van der Waals surface area contributed by atoms with Crippen LogP contribution in [0.1, 0.15) is 18.5 Å². The molecule has 1 aliphatic heterocycles. The van der Waals surface area contributed by atoms with E-state index < -0.39 is 0 Å². The quantitative estimate of drug-likeness (QED) is 0.791. The summed E-state index contributed by atoms with van der Waals surface area (Å²) in [6.07, 6.45) is 2.21. The number of hydrogen-bond acceptors (Lipinski definition) is 3. The lowest BCUT2D eigenvalue weighted by molar-refractivity contribution is 0.0344. The molecule has 1 saturated heterocycles. The maximum Gasteiger partial charge on any atom is 0.213 e. The van der Waals surface area contributed by atoms with Gasteiger partial charge in [0.15, 0.2) is 0 Å². The second-order valence-electron chi connectivity index (χ2n) is 4.11. The molecule has 0 spiro atoms. The second kappa shape index (κ2) is 5.25. The minimum atomic E-state index is -0.298. The Hall–Kier alpha value is -1.16. The molecule has 2 heterocycles. The molecule has 4 heteroatoms. The maximum atomic E-state index is 13.0. The van der Waals surface area contributed by atoms with Crippen molar-refractivity contribution in [3.63, 3.8) is 0 Å². The standard InChI is InChI=1S/C12H16FNO2/c1-9-11(13)4-5-12(14-9)16-8-10-3-2-6-15-7-10/h4-5,10H,2-3,6-8H2,1H3. The maximum absolute atomic E-state index is 13.0. The van der Waals surface area contributed by atoms with E-state index in [4.69, 9.17) is 9.47 Å². The number of halogens is 1. The molecule has 0 saturated carbocycles. The Morgan fingerprint density at radius 2 is 2.44 bits per heavy atom. The van der Waals surface area contributed by atoms with Crippen LogP contribution in [0.4, 0.5) is 4.39 Å². The number of pyridine rings is 1. The molecule has 1 atom stereocenters.